The molecule has 0 atom stereocenters. The summed E-state index contributed by atoms with van der Waals surface area (Å²) < 4.78 is 0. The van der Waals surface area contributed by atoms with Gasteiger partial charge in [0.1, 0.15) is 0 Å². The molecule has 2 rings (SSSR count). The molecule has 2 aromatic rings. The van der Waals surface area contributed by atoms with E-state index in [0.29, 0.717) is 0 Å². The molecule has 0 radical (unpaired) electrons. The van der Waals surface area contributed by atoms with Gasteiger partial charge in [0, 0.05) is 11.1 Å². The highest BCUT2D eigenvalue weighted by molar-refractivity contribution is 6.09. The number of benzene rings is 2. The Balaban J connectivity index is 2.24. The van der Waals surface area contributed by atoms with Crippen LogP contribution < -0.4 is 0 Å². The second-order valence-corrected chi connectivity index (χ2v) is 7.97. The predicted molar refractivity (Wildman–Crippen MR) is 98.3 cm³/mol. The normalized spacial score (nSPS) is 12.3. The molecule has 23 heavy (non-hydrogen) atoms. The molecule has 0 aliphatic rings. The van der Waals surface area contributed by atoms with E-state index in [2.05, 4.69) is 65.8 Å². The maximum Gasteiger partial charge on any atom is 0.193 e. The molecule has 1 nitrogen and oxygen atoms in total. The van der Waals surface area contributed by atoms with Crippen molar-refractivity contribution in [2.75, 3.05) is 0 Å². The summed E-state index contributed by atoms with van der Waals surface area (Å²) in [5.74, 6) is 0.0892. The molecule has 0 amide bonds. The summed E-state index contributed by atoms with van der Waals surface area (Å²) in [7, 11) is 0. The summed E-state index contributed by atoms with van der Waals surface area (Å²) in [5.41, 5.74) is 4.28. The molecule has 0 bridgehead atoms. The Morgan fingerprint density at radius 1 is 0.739 bits per heavy atom. The maximum absolute atomic E-state index is 12.6. The van der Waals surface area contributed by atoms with E-state index < -0.39 is 0 Å². The standard InChI is InChI=1S/C22H28O/c1-7-22(5,6)19-14-10-17(11-15-19)20(23)16-8-12-18(13-9-16)21(2,3)4/h8-15H,7H2,1-6H3. The van der Waals surface area contributed by atoms with Crippen LogP contribution in [0.4, 0.5) is 0 Å². The van der Waals surface area contributed by atoms with Gasteiger partial charge in [0.25, 0.3) is 0 Å². The van der Waals surface area contributed by atoms with Crippen LogP contribution in [-0.2, 0) is 10.8 Å². The van der Waals surface area contributed by atoms with E-state index in [-0.39, 0.29) is 16.6 Å². The minimum atomic E-state index is 0.0892. The van der Waals surface area contributed by atoms with Crippen molar-refractivity contribution in [2.45, 2.75) is 58.8 Å². The summed E-state index contributed by atoms with van der Waals surface area (Å²) in [6.07, 6.45) is 1.08. The first kappa shape index (κ1) is 17.5. The lowest BCUT2D eigenvalue weighted by atomic mass is 9.81. The van der Waals surface area contributed by atoms with Gasteiger partial charge in [-0.1, -0.05) is 90.1 Å². The fourth-order valence-electron chi connectivity index (χ4n) is 2.57. The third-order valence-corrected chi connectivity index (χ3v) is 4.83. The largest absolute Gasteiger partial charge is 0.289 e. The van der Waals surface area contributed by atoms with Crippen molar-refractivity contribution in [3.63, 3.8) is 0 Å². The van der Waals surface area contributed by atoms with Crippen LogP contribution in [0.2, 0.25) is 0 Å². The van der Waals surface area contributed by atoms with Gasteiger partial charge in [-0.3, -0.25) is 4.79 Å². The Kier molecular flexibility index (Phi) is 4.79. The molecule has 0 saturated carbocycles. The topological polar surface area (TPSA) is 17.1 Å². The molecule has 122 valence electrons. The molecule has 0 aromatic heterocycles. The minimum Gasteiger partial charge on any atom is -0.289 e. The Bertz CT molecular complexity index is 667. The number of carbonyl (C=O) groups excluding carboxylic acids is 1. The van der Waals surface area contributed by atoms with Crippen molar-refractivity contribution in [1.29, 1.82) is 0 Å². The number of ketones is 1. The number of carbonyl (C=O) groups is 1. The van der Waals surface area contributed by atoms with E-state index in [9.17, 15) is 4.79 Å². The van der Waals surface area contributed by atoms with E-state index >= 15 is 0 Å². The van der Waals surface area contributed by atoms with Crippen LogP contribution in [-0.4, -0.2) is 5.78 Å². The molecule has 0 aliphatic heterocycles. The first-order chi connectivity index (χ1) is 10.6. The van der Waals surface area contributed by atoms with Gasteiger partial charge in [0.05, 0.1) is 0 Å². The highest BCUT2D eigenvalue weighted by Crippen LogP contribution is 2.27. The molecule has 0 saturated heterocycles. The lowest BCUT2D eigenvalue weighted by Gasteiger charge is -2.23. The molecule has 0 unspecified atom stereocenters. The molecular weight excluding hydrogens is 280 g/mol. The zero-order chi connectivity index (χ0) is 17.3. The highest BCUT2D eigenvalue weighted by Gasteiger charge is 2.19. The third kappa shape index (κ3) is 3.90. The van der Waals surface area contributed by atoms with E-state index in [0.717, 1.165) is 17.5 Å². The zero-order valence-corrected chi connectivity index (χ0v) is 15.2. The van der Waals surface area contributed by atoms with Gasteiger partial charge >= 0.3 is 0 Å². The smallest absolute Gasteiger partial charge is 0.193 e. The summed E-state index contributed by atoms with van der Waals surface area (Å²) in [6, 6.07) is 16.1. The van der Waals surface area contributed by atoms with Crippen LogP contribution in [0.3, 0.4) is 0 Å². The van der Waals surface area contributed by atoms with Crippen LogP contribution in [0, 0.1) is 0 Å². The molecule has 0 aliphatic carbocycles. The average molecular weight is 308 g/mol. The fraction of sp³-hybridized carbons (Fsp3) is 0.409. The van der Waals surface area contributed by atoms with Crippen molar-refractivity contribution >= 4 is 5.78 Å². The van der Waals surface area contributed by atoms with E-state index in [4.69, 9.17) is 0 Å². The molecule has 1 heteroatoms. The van der Waals surface area contributed by atoms with Crippen LogP contribution in [0.5, 0.6) is 0 Å². The Hall–Kier alpha value is -1.89. The van der Waals surface area contributed by atoms with Crippen LogP contribution >= 0.6 is 0 Å². The van der Waals surface area contributed by atoms with E-state index in [1.807, 2.05) is 24.3 Å². The van der Waals surface area contributed by atoms with Crippen molar-refractivity contribution < 1.29 is 4.79 Å². The molecule has 0 spiro atoms. The molecular formula is C22H28O. The third-order valence-electron chi connectivity index (χ3n) is 4.83. The van der Waals surface area contributed by atoms with Gasteiger partial charge in [0.2, 0.25) is 0 Å². The van der Waals surface area contributed by atoms with Gasteiger partial charge in [-0.05, 0) is 28.4 Å². The second-order valence-electron chi connectivity index (χ2n) is 7.97. The van der Waals surface area contributed by atoms with Crippen molar-refractivity contribution in [2.24, 2.45) is 0 Å². The Morgan fingerprint density at radius 3 is 1.48 bits per heavy atom. The fourth-order valence-corrected chi connectivity index (χ4v) is 2.57. The van der Waals surface area contributed by atoms with Crippen molar-refractivity contribution in [1.82, 2.24) is 0 Å². The van der Waals surface area contributed by atoms with Gasteiger partial charge in [-0.15, -0.1) is 0 Å². The van der Waals surface area contributed by atoms with Gasteiger partial charge < -0.3 is 0 Å². The number of hydrogen-bond donors (Lipinski definition) is 0. The second kappa shape index (κ2) is 6.31. The van der Waals surface area contributed by atoms with Gasteiger partial charge in [0.15, 0.2) is 5.78 Å². The van der Waals surface area contributed by atoms with Crippen molar-refractivity contribution in [3.05, 3.63) is 70.8 Å². The highest BCUT2D eigenvalue weighted by atomic mass is 16.1. The van der Waals surface area contributed by atoms with E-state index in [1.54, 1.807) is 0 Å². The molecule has 0 fully saturated rings. The van der Waals surface area contributed by atoms with Gasteiger partial charge in [-0.25, -0.2) is 0 Å². The number of hydrogen-bond acceptors (Lipinski definition) is 1. The first-order valence-corrected chi connectivity index (χ1v) is 8.41. The monoisotopic (exact) mass is 308 g/mol. The summed E-state index contributed by atoms with van der Waals surface area (Å²) in [6.45, 7) is 13.2. The van der Waals surface area contributed by atoms with E-state index in [1.165, 1.54) is 11.1 Å². The van der Waals surface area contributed by atoms with Crippen LogP contribution in [0.25, 0.3) is 0 Å². The quantitative estimate of drug-likeness (QED) is 0.642. The zero-order valence-electron chi connectivity index (χ0n) is 15.2. The first-order valence-electron chi connectivity index (χ1n) is 8.41. The molecule has 0 heterocycles. The predicted octanol–water partition coefficient (Wildman–Crippen LogP) is 5.90. The summed E-state index contributed by atoms with van der Waals surface area (Å²) in [5, 5.41) is 0. The van der Waals surface area contributed by atoms with Crippen molar-refractivity contribution in [3.8, 4) is 0 Å². The SMILES string of the molecule is CCC(C)(C)c1ccc(C(=O)c2ccc(C(C)(C)C)cc2)cc1. The summed E-state index contributed by atoms with van der Waals surface area (Å²) in [4.78, 5) is 12.6. The van der Waals surface area contributed by atoms with Crippen LogP contribution in [0.1, 0.15) is 75.0 Å². The summed E-state index contributed by atoms with van der Waals surface area (Å²) >= 11 is 0. The number of rotatable bonds is 4. The maximum atomic E-state index is 12.6. The Morgan fingerprint density at radius 2 is 1.13 bits per heavy atom. The average Bonchev–Trinajstić information content (AvgIpc) is 2.53. The molecule has 0 N–H and O–H groups in total. The van der Waals surface area contributed by atoms with Crippen LogP contribution in [0.15, 0.2) is 48.5 Å². The molecule has 2 aromatic carbocycles. The lowest BCUT2D eigenvalue weighted by Crippen LogP contribution is -2.15. The minimum absolute atomic E-state index is 0.0892. The Labute approximate surface area is 140 Å². The van der Waals surface area contributed by atoms with Gasteiger partial charge in [-0.2, -0.15) is 0 Å². The lowest BCUT2D eigenvalue weighted by molar-refractivity contribution is 0.103.